The van der Waals surface area contributed by atoms with Crippen molar-refractivity contribution in [3.8, 4) is 0 Å². The minimum absolute atomic E-state index is 0.0632. The number of aliphatic hydroxyl groups excluding tert-OH is 1. The van der Waals surface area contributed by atoms with Gasteiger partial charge in [-0.15, -0.1) is 0 Å². The van der Waals surface area contributed by atoms with Crippen LogP contribution in [0.2, 0.25) is 0 Å². The van der Waals surface area contributed by atoms with E-state index in [0.29, 0.717) is 0 Å². The lowest BCUT2D eigenvalue weighted by Gasteiger charge is -2.38. The Bertz CT molecular complexity index is 555. The van der Waals surface area contributed by atoms with Gasteiger partial charge in [-0.3, -0.25) is 9.69 Å². The normalized spacial score (nSPS) is 28.9. The highest BCUT2D eigenvalue weighted by atomic mass is 16.5. The fourth-order valence-electron chi connectivity index (χ4n) is 4.16. The first-order valence-corrected chi connectivity index (χ1v) is 9.43. The first-order valence-electron chi connectivity index (χ1n) is 9.43. The SMILES string of the molecule is CC1CN(CC2CCCN2C(=O)CC(O)c2ccccc2)CC(C)O1. The van der Waals surface area contributed by atoms with Gasteiger partial charge in [0, 0.05) is 32.2 Å². The highest BCUT2D eigenvalue weighted by Gasteiger charge is 2.33. The van der Waals surface area contributed by atoms with Crippen LogP contribution < -0.4 is 0 Å². The van der Waals surface area contributed by atoms with E-state index in [1.165, 1.54) is 0 Å². The number of carbonyl (C=O) groups excluding carboxylic acids is 1. The minimum Gasteiger partial charge on any atom is -0.388 e. The van der Waals surface area contributed by atoms with Crippen LogP contribution in [0.4, 0.5) is 0 Å². The molecule has 0 aromatic heterocycles. The van der Waals surface area contributed by atoms with E-state index < -0.39 is 6.10 Å². The second-order valence-electron chi connectivity index (χ2n) is 7.49. The molecule has 1 amide bonds. The van der Waals surface area contributed by atoms with Gasteiger partial charge in [-0.05, 0) is 32.3 Å². The molecule has 0 bridgehead atoms. The summed E-state index contributed by atoms with van der Waals surface area (Å²) in [6, 6.07) is 9.70. The van der Waals surface area contributed by atoms with Crippen LogP contribution in [-0.2, 0) is 9.53 Å². The summed E-state index contributed by atoms with van der Waals surface area (Å²) in [5, 5.41) is 10.4. The monoisotopic (exact) mass is 346 g/mol. The zero-order valence-corrected chi connectivity index (χ0v) is 15.3. The molecule has 0 radical (unpaired) electrons. The number of carbonyl (C=O) groups is 1. The first-order chi connectivity index (χ1) is 12.0. The van der Waals surface area contributed by atoms with Gasteiger partial charge < -0.3 is 14.7 Å². The summed E-state index contributed by atoms with van der Waals surface area (Å²) >= 11 is 0. The summed E-state index contributed by atoms with van der Waals surface area (Å²) < 4.78 is 5.80. The highest BCUT2D eigenvalue weighted by molar-refractivity contribution is 5.77. The number of amides is 1. The smallest absolute Gasteiger partial charge is 0.225 e. The summed E-state index contributed by atoms with van der Waals surface area (Å²) in [7, 11) is 0. The van der Waals surface area contributed by atoms with E-state index >= 15 is 0 Å². The largest absolute Gasteiger partial charge is 0.388 e. The fraction of sp³-hybridized carbons (Fsp3) is 0.650. The molecule has 0 saturated carbocycles. The van der Waals surface area contributed by atoms with Crippen molar-refractivity contribution >= 4 is 5.91 Å². The number of hydrogen-bond acceptors (Lipinski definition) is 4. The van der Waals surface area contributed by atoms with Crippen LogP contribution in [0.3, 0.4) is 0 Å². The van der Waals surface area contributed by atoms with Crippen LogP contribution in [0, 0.1) is 0 Å². The van der Waals surface area contributed by atoms with E-state index in [1.54, 1.807) is 0 Å². The Morgan fingerprint density at radius 2 is 1.92 bits per heavy atom. The molecule has 138 valence electrons. The molecule has 5 heteroatoms. The Labute approximate surface area is 150 Å². The van der Waals surface area contributed by atoms with E-state index in [9.17, 15) is 9.90 Å². The topological polar surface area (TPSA) is 53.0 Å². The van der Waals surface area contributed by atoms with Crippen LogP contribution in [0.25, 0.3) is 0 Å². The van der Waals surface area contributed by atoms with E-state index in [4.69, 9.17) is 4.74 Å². The van der Waals surface area contributed by atoms with Gasteiger partial charge in [0.05, 0.1) is 24.7 Å². The lowest BCUT2D eigenvalue weighted by atomic mass is 10.1. The number of nitrogens with zero attached hydrogens (tertiary/aromatic N) is 2. The zero-order valence-electron chi connectivity index (χ0n) is 15.3. The van der Waals surface area contributed by atoms with Gasteiger partial charge in [0.1, 0.15) is 0 Å². The molecular formula is C20H30N2O3. The van der Waals surface area contributed by atoms with Crippen molar-refractivity contribution in [1.29, 1.82) is 0 Å². The van der Waals surface area contributed by atoms with Gasteiger partial charge in [-0.25, -0.2) is 0 Å². The van der Waals surface area contributed by atoms with Crippen molar-refractivity contribution in [2.24, 2.45) is 0 Å². The average Bonchev–Trinajstić information content (AvgIpc) is 3.03. The Hall–Kier alpha value is -1.43. The number of benzene rings is 1. The van der Waals surface area contributed by atoms with Crippen LogP contribution in [0.5, 0.6) is 0 Å². The van der Waals surface area contributed by atoms with E-state index in [2.05, 4.69) is 18.7 Å². The van der Waals surface area contributed by atoms with Crippen LogP contribution in [0.1, 0.15) is 44.8 Å². The summed E-state index contributed by atoms with van der Waals surface area (Å²) in [5.41, 5.74) is 0.808. The maximum Gasteiger partial charge on any atom is 0.225 e. The maximum absolute atomic E-state index is 12.7. The van der Waals surface area contributed by atoms with Crippen molar-refractivity contribution < 1.29 is 14.6 Å². The van der Waals surface area contributed by atoms with Gasteiger partial charge >= 0.3 is 0 Å². The molecule has 0 spiro atoms. The number of aliphatic hydroxyl groups is 1. The van der Waals surface area contributed by atoms with Crippen molar-refractivity contribution in [1.82, 2.24) is 9.80 Å². The molecule has 2 heterocycles. The van der Waals surface area contributed by atoms with Crippen molar-refractivity contribution in [2.75, 3.05) is 26.2 Å². The molecule has 4 unspecified atom stereocenters. The Morgan fingerprint density at radius 3 is 2.60 bits per heavy atom. The summed E-state index contributed by atoms with van der Waals surface area (Å²) in [4.78, 5) is 17.1. The third-order valence-corrected chi connectivity index (χ3v) is 5.21. The standard InChI is InChI=1S/C20H30N2O3/c1-15-12-21(13-16(2)25-15)14-18-9-6-10-22(18)20(24)11-19(23)17-7-4-3-5-8-17/h3-5,7-8,15-16,18-19,23H,6,9-14H2,1-2H3. The number of rotatable bonds is 5. The van der Waals surface area contributed by atoms with Gasteiger partial charge in [-0.2, -0.15) is 0 Å². The summed E-state index contributed by atoms with van der Waals surface area (Å²) in [5.74, 6) is 0.0632. The summed E-state index contributed by atoms with van der Waals surface area (Å²) in [6.45, 7) is 7.78. The van der Waals surface area contributed by atoms with Crippen LogP contribution >= 0.6 is 0 Å². The van der Waals surface area contributed by atoms with E-state index in [-0.39, 0.29) is 30.6 Å². The molecule has 25 heavy (non-hydrogen) atoms. The number of hydrogen-bond donors (Lipinski definition) is 1. The Kier molecular flexibility index (Phi) is 6.10. The minimum atomic E-state index is -0.724. The predicted molar refractivity (Wildman–Crippen MR) is 97.2 cm³/mol. The molecule has 1 N–H and O–H groups in total. The molecule has 1 aromatic carbocycles. The molecule has 2 aliphatic heterocycles. The zero-order chi connectivity index (χ0) is 17.8. The fourth-order valence-corrected chi connectivity index (χ4v) is 4.16. The van der Waals surface area contributed by atoms with Crippen molar-refractivity contribution in [3.63, 3.8) is 0 Å². The highest BCUT2D eigenvalue weighted by Crippen LogP contribution is 2.24. The lowest BCUT2D eigenvalue weighted by Crippen LogP contribution is -2.51. The quantitative estimate of drug-likeness (QED) is 0.888. The van der Waals surface area contributed by atoms with E-state index in [1.807, 2.05) is 35.2 Å². The predicted octanol–water partition coefficient (Wildman–Crippen LogP) is 2.21. The Balaban J connectivity index is 1.56. The number of ether oxygens (including phenoxy) is 1. The number of morpholine rings is 1. The van der Waals surface area contributed by atoms with Gasteiger partial charge in [0.2, 0.25) is 5.91 Å². The second kappa shape index (κ2) is 8.30. The van der Waals surface area contributed by atoms with Gasteiger partial charge in [0.15, 0.2) is 0 Å². The molecular weight excluding hydrogens is 316 g/mol. The van der Waals surface area contributed by atoms with Gasteiger partial charge in [-0.1, -0.05) is 30.3 Å². The first kappa shape index (κ1) is 18.4. The molecule has 2 saturated heterocycles. The second-order valence-corrected chi connectivity index (χ2v) is 7.49. The molecule has 1 aromatic rings. The molecule has 0 aliphatic carbocycles. The molecule has 5 nitrogen and oxygen atoms in total. The Morgan fingerprint density at radius 1 is 1.24 bits per heavy atom. The van der Waals surface area contributed by atoms with Gasteiger partial charge in [0.25, 0.3) is 0 Å². The maximum atomic E-state index is 12.7. The molecule has 2 fully saturated rings. The third-order valence-electron chi connectivity index (χ3n) is 5.21. The lowest BCUT2D eigenvalue weighted by molar-refractivity contribution is -0.135. The molecule has 2 aliphatic rings. The molecule has 4 atom stereocenters. The summed E-state index contributed by atoms with van der Waals surface area (Å²) in [6.07, 6.45) is 2.03. The van der Waals surface area contributed by atoms with Crippen LogP contribution in [0.15, 0.2) is 30.3 Å². The van der Waals surface area contributed by atoms with Crippen molar-refractivity contribution in [2.45, 2.75) is 57.5 Å². The van der Waals surface area contributed by atoms with E-state index in [0.717, 1.165) is 44.6 Å². The third kappa shape index (κ3) is 4.81. The number of likely N-dealkylation sites (tertiary alicyclic amines) is 1. The van der Waals surface area contributed by atoms with Crippen molar-refractivity contribution in [3.05, 3.63) is 35.9 Å². The van der Waals surface area contributed by atoms with Crippen LogP contribution in [-0.4, -0.2) is 65.2 Å². The molecule has 3 rings (SSSR count). The average molecular weight is 346 g/mol.